The molecule has 2 heterocycles. The van der Waals surface area contributed by atoms with Crippen molar-refractivity contribution >= 4 is 29.3 Å². The Hall–Kier alpha value is -3.62. The molecule has 0 saturated heterocycles. The summed E-state index contributed by atoms with van der Waals surface area (Å²) >= 11 is 0. The van der Waals surface area contributed by atoms with Gasteiger partial charge in [0.25, 0.3) is 0 Å². The molecule has 1 aliphatic rings. The molecule has 1 aromatic carbocycles. The maximum Gasteiger partial charge on any atom is 0.219 e. The number of aliphatic imine (C=N–C) groups is 1. The van der Waals surface area contributed by atoms with Crippen molar-refractivity contribution in [2.24, 2.45) is 16.6 Å². The van der Waals surface area contributed by atoms with E-state index in [9.17, 15) is 14.4 Å². The number of aromatic nitrogens is 2. The molecule has 1 unspecified atom stereocenters. The van der Waals surface area contributed by atoms with Gasteiger partial charge in [0.15, 0.2) is 17.6 Å². The molecule has 3 rings (SSSR count). The second-order valence-corrected chi connectivity index (χ2v) is 7.83. The molecule has 2 aromatic rings. The summed E-state index contributed by atoms with van der Waals surface area (Å²) in [5.74, 6) is 0.231. The summed E-state index contributed by atoms with van der Waals surface area (Å²) in [4.78, 5) is 49.0. The van der Waals surface area contributed by atoms with Gasteiger partial charge in [-0.3, -0.25) is 19.4 Å². The number of amides is 1. The maximum atomic E-state index is 12.6. The van der Waals surface area contributed by atoms with Crippen LogP contribution in [0, 0.1) is 5.92 Å². The van der Waals surface area contributed by atoms with Crippen LogP contribution in [0.2, 0.25) is 0 Å². The lowest BCUT2D eigenvalue weighted by atomic mass is 9.90. The van der Waals surface area contributed by atoms with Gasteiger partial charge in [-0.25, -0.2) is 9.98 Å². The highest BCUT2D eigenvalue weighted by Crippen LogP contribution is 2.19. The van der Waals surface area contributed by atoms with Crippen LogP contribution < -0.4 is 16.4 Å². The van der Waals surface area contributed by atoms with E-state index < -0.39 is 5.92 Å². The molecule has 0 fully saturated rings. The van der Waals surface area contributed by atoms with E-state index in [1.807, 2.05) is 12.1 Å². The fourth-order valence-electron chi connectivity index (χ4n) is 3.48. The molecular formula is C23H28N6O3. The first kappa shape index (κ1) is 23.1. The van der Waals surface area contributed by atoms with Crippen molar-refractivity contribution in [3.63, 3.8) is 0 Å². The Morgan fingerprint density at radius 3 is 2.62 bits per heavy atom. The lowest BCUT2D eigenvalue weighted by molar-refractivity contribution is -0.122. The molecule has 0 spiro atoms. The summed E-state index contributed by atoms with van der Waals surface area (Å²) in [6.45, 7) is 1.88. The molecule has 9 nitrogen and oxygen atoms in total. The van der Waals surface area contributed by atoms with Crippen molar-refractivity contribution in [3.8, 4) is 0 Å². The van der Waals surface area contributed by atoms with Gasteiger partial charge in [-0.05, 0) is 31.7 Å². The second kappa shape index (κ2) is 10.6. The molecule has 4 N–H and O–H groups in total. The van der Waals surface area contributed by atoms with Gasteiger partial charge in [-0.1, -0.05) is 24.3 Å². The zero-order chi connectivity index (χ0) is 23.1. The van der Waals surface area contributed by atoms with Gasteiger partial charge in [-0.15, -0.1) is 0 Å². The summed E-state index contributed by atoms with van der Waals surface area (Å²) in [5, 5.41) is 5.43. The predicted molar refractivity (Wildman–Crippen MR) is 121 cm³/mol. The smallest absolute Gasteiger partial charge is 0.219 e. The van der Waals surface area contributed by atoms with Crippen LogP contribution in [0.4, 0.5) is 5.82 Å². The number of nitrogens with zero attached hydrogens (tertiary/aromatic N) is 3. The number of aryl methyl sites for hydroxylation is 2. The number of anilines is 1. The standard InChI is InChI=1S/C23H28N6O3/c1-14(30)17(8-10-21(32)25-2)11-20(31)16-6-3-15(4-7-16)5-9-18-12-26-22-19(28-18)13-27-23(24)29-22/h3-4,6-7,12,17H,5,8-11,13H2,1-2H3,(H,25,32)(H3,24,26,27,29). The minimum absolute atomic E-state index is 0.0754. The van der Waals surface area contributed by atoms with E-state index in [0.29, 0.717) is 36.7 Å². The number of hydrogen-bond donors (Lipinski definition) is 3. The van der Waals surface area contributed by atoms with Gasteiger partial charge >= 0.3 is 0 Å². The summed E-state index contributed by atoms with van der Waals surface area (Å²) in [7, 11) is 1.55. The van der Waals surface area contributed by atoms with E-state index in [1.54, 1.807) is 25.4 Å². The maximum absolute atomic E-state index is 12.6. The van der Waals surface area contributed by atoms with Crippen LogP contribution in [0.1, 0.15) is 53.5 Å². The molecular weight excluding hydrogens is 408 g/mol. The number of rotatable bonds is 10. The summed E-state index contributed by atoms with van der Waals surface area (Å²) < 4.78 is 0. The van der Waals surface area contributed by atoms with Gasteiger partial charge < -0.3 is 16.4 Å². The Balaban J connectivity index is 1.55. The number of fused-ring (bicyclic) bond motifs is 1. The fraction of sp³-hybridized carbons (Fsp3) is 0.391. The first-order valence-electron chi connectivity index (χ1n) is 10.6. The fourth-order valence-corrected chi connectivity index (χ4v) is 3.48. The molecule has 0 bridgehead atoms. The lowest BCUT2D eigenvalue weighted by Crippen LogP contribution is -2.27. The lowest BCUT2D eigenvalue weighted by Gasteiger charge is -2.14. The third-order valence-corrected chi connectivity index (χ3v) is 5.49. The monoisotopic (exact) mass is 436 g/mol. The molecule has 0 aliphatic carbocycles. The minimum atomic E-state index is -0.448. The van der Waals surface area contributed by atoms with Crippen LogP contribution in [0.25, 0.3) is 0 Å². The summed E-state index contributed by atoms with van der Waals surface area (Å²) in [5.41, 5.74) is 8.92. The molecule has 32 heavy (non-hydrogen) atoms. The highest BCUT2D eigenvalue weighted by Gasteiger charge is 2.20. The van der Waals surface area contributed by atoms with Crippen molar-refractivity contribution in [2.75, 3.05) is 12.4 Å². The summed E-state index contributed by atoms with van der Waals surface area (Å²) in [6, 6.07) is 7.40. The van der Waals surface area contributed by atoms with Gasteiger partial charge in [0.2, 0.25) is 5.91 Å². The van der Waals surface area contributed by atoms with Crippen molar-refractivity contribution in [1.29, 1.82) is 0 Å². The molecule has 1 aromatic heterocycles. The number of nitrogens with two attached hydrogens (primary N) is 1. The van der Waals surface area contributed by atoms with Crippen LogP contribution in [0.3, 0.4) is 0 Å². The Bertz CT molecular complexity index is 1030. The Kier molecular flexibility index (Phi) is 7.64. The van der Waals surface area contributed by atoms with Crippen LogP contribution in [0.15, 0.2) is 35.5 Å². The van der Waals surface area contributed by atoms with E-state index in [0.717, 1.165) is 23.4 Å². The highest BCUT2D eigenvalue weighted by atomic mass is 16.1. The largest absolute Gasteiger partial charge is 0.370 e. The van der Waals surface area contributed by atoms with Crippen LogP contribution in [-0.2, 0) is 29.0 Å². The number of hydrogen-bond acceptors (Lipinski definition) is 8. The predicted octanol–water partition coefficient (Wildman–Crippen LogP) is 1.81. The van der Waals surface area contributed by atoms with Crippen molar-refractivity contribution in [1.82, 2.24) is 15.3 Å². The van der Waals surface area contributed by atoms with Crippen LogP contribution >= 0.6 is 0 Å². The molecule has 9 heteroatoms. The van der Waals surface area contributed by atoms with E-state index >= 15 is 0 Å². The molecule has 1 aliphatic heterocycles. The number of carbonyl (C=O) groups is 3. The van der Waals surface area contributed by atoms with Crippen molar-refractivity contribution < 1.29 is 14.4 Å². The molecule has 1 atom stereocenters. The topological polar surface area (TPSA) is 139 Å². The van der Waals surface area contributed by atoms with Crippen molar-refractivity contribution in [2.45, 2.75) is 45.6 Å². The Labute approximate surface area is 186 Å². The number of Topliss-reactive ketones (excluding diaryl/α,β-unsaturated/α-hetero) is 2. The van der Waals surface area contributed by atoms with E-state index in [-0.39, 0.29) is 30.3 Å². The Morgan fingerprint density at radius 2 is 1.94 bits per heavy atom. The molecule has 0 saturated carbocycles. The number of nitrogens with one attached hydrogen (secondary N) is 2. The van der Waals surface area contributed by atoms with Crippen molar-refractivity contribution in [3.05, 3.63) is 53.0 Å². The van der Waals surface area contributed by atoms with E-state index in [1.165, 1.54) is 6.92 Å². The van der Waals surface area contributed by atoms with Gasteiger partial charge in [0.05, 0.1) is 18.4 Å². The number of benzene rings is 1. The third kappa shape index (κ3) is 6.19. The third-order valence-electron chi connectivity index (χ3n) is 5.49. The van der Waals surface area contributed by atoms with Crippen LogP contribution in [0.5, 0.6) is 0 Å². The molecule has 0 radical (unpaired) electrons. The van der Waals surface area contributed by atoms with Gasteiger partial charge in [0, 0.05) is 31.4 Å². The zero-order valence-corrected chi connectivity index (χ0v) is 18.4. The first-order chi connectivity index (χ1) is 15.4. The number of carbonyl (C=O) groups excluding carboxylic acids is 3. The highest BCUT2D eigenvalue weighted by molar-refractivity contribution is 5.98. The summed E-state index contributed by atoms with van der Waals surface area (Å²) in [6.07, 6.45) is 3.89. The van der Waals surface area contributed by atoms with E-state index in [2.05, 4.69) is 25.6 Å². The average molecular weight is 437 g/mol. The van der Waals surface area contributed by atoms with Gasteiger partial charge in [0.1, 0.15) is 11.5 Å². The second-order valence-electron chi connectivity index (χ2n) is 7.83. The van der Waals surface area contributed by atoms with Gasteiger partial charge in [-0.2, -0.15) is 0 Å². The minimum Gasteiger partial charge on any atom is -0.370 e. The quantitative estimate of drug-likeness (QED) is 0.483. The SMILES string of the molecule is CNC(=O)CCC(CC(=O)c1ccc(CCc2cnc3c(n2)CN=C(N)N3)cc1)C(C)=O. The molecule has 168 valence electrons. The first-order valence-corrected chi connectivity index (χ1v) is 10.6. The normalized spacial score (nSPS) is 13.4. The molecule has 1 amide bonds. The average Bonchev–Trinajstić information content (AvgIpc) is 2.80. The van der Waals surface area contributed by atoms with Crippen LogP contribution in [-0.4, -0.2) is 40.4 Å². The number of ketones is 2. The van der Waals surface area contributed by atoms with E-state index in [4.69, 9.17) is 5.73 Å². The number of guanidine groups is 1. The Morgan fingerprint density at radius 1 is 1.19 bits per heavy atom. The zero-order valence-electron chi connectivity index (χ0n) is 18.4.